The van der Waals surface area contributed by atoms with Crippen LogP contribution in [0.1, 0.15) is 23.6 Å². The summed E-state index contributed by atoms with van der Waals surface area (Å²) in [6.45, 7) is 3.64. The van der Waals surface area contributed by atoms with E-state index in [4.69, 9.17) is 0 Å². The van der Waals surface area contributed by atoms with Crippen LogP contribution in [0.5, 0.6) is 0 Å². The summed E-state index contributed by atoms with van der Waals surface area (Å²) in [5.74, 6) is -0.803. The highest BCUT2D eigenvalue weighted by Crippen LogP contribution is 2.27. The average Bonchev–Trinajstić information content (AvgIpc) is 2.99. The Morgan fingerprint density at radius 3 is 2.10 bits per heavy atom. The van der Waals surface area contributed by atoms with Crippen molar-refractivity contribution in [2.45, 2.75) is 37.8 Å². The molecular weight excluding hydrogens is 614 g/mol. The number of amides is 2. The van der Waals surface area contributed by atoms with Crippen molar-refractivity contribution < 1.29 is 18.0 Å². The molecular formula is C33H34BrN3O4S. The quantitative estimate of drug-likeness (QED) is 0.213. The Kier molecular flexibility index (Phi) is 10.5. The van der Waals surface area contributed by atoms with Crippen LogP contribution < -0.4 is 9.62 Å². The second kappa shape index (κ2) is 14.3. The van der Waals surface area contributed by atoms with Crippen molar-refractivity contribution in [3.8, 4) is 0 Å². The molecule has 9 heteroatoms. The van der Waals surface area contributed by atoms with Gasteiger partial charge in [0.1, 0.15) is 12.6 Å². The van der Waals surface area contributed by atoms with Gasteiger partial charge in [-0.15, -0.1) is 0 Å². The molecule has 0 aromatic heterocycles. The Bertz CT molecular complexity index is 1610. The number of para-hydroxylation sites is 1. The van der Waals surface area contributed by atoms with E-state index in [0.29, 0.717) is 17.8 Å². The van der Waals surface area contributed by atoms with E-state index < -0.39 is 28.5 Å². The first-order chi connectivity index (χ1) is 20.2. The molecule has 4 aromatic carbocycles. The van der Waals surface area contributed by atoms with Crippen LogP contribution in [-0.4, -0.2) is 44.3 Å². The smallest absolute Gasteiger partial charge is 0.264 e. The molecule has 1 N–H and O–H groups in total. The van der Waals surface area contributed by atoms with E-state index >= 15 is 0 Å². The van der Waals surface area contributed by atoms with Gasteiger partial charge in [0, 0.05) is 24.0 Å². The lowest BCUT2D eigenvalue weighted by Gasteiger charge is -2.34. The van der Waals surface area contributed by atoms with Crippen molar-refractivity contribution in [1.82, 2.24) is 10.2 Å². The molecule has 0 saturated carbocycles. The zero-order chi connectivity index (χ0) is 30.1. The second-order valence-electron chi connectivity index (χ2n) is 9.86. The van der Waals surface area contributed by atoms with E-state index in [1.807, 2.05) is 67.6 Å². The number of carbonyl (C=O) groups is 2. The molecule has 218 valence electrons. The molecule has 0 aliphatic heterocycles. The minimum absolute atomic E-state index is 0.0733. The van der Waals surface area contributed by atoms with Crippen molar-refractivity contribution >= 4 is 43.5 Å². The van der Waals surface area contributed by atoms with Crippen LogP contribution in [0.2, 0.25) is 0 Å². The summed E-state index contributed by atoms with van der Waals surface area (Å²) >= 11 is 3.49. The van der Waals surface area contributed by atoms with Gasteiger partial charge >= 0.3 is 0 Å². The van der Waals surface area contributed by atoms with Gasteiger partial charge in [0.25, 0.3) is 10.0 Å². The van der Waals surface area contributed by atoms with Crippen LogP contribution in [0.25, 0.3) is 0 Å². The highest BCUT2D eigenvalue weighted by molar-refractivity contribution is 9.10. The highest BCUT2D eigenvalue weighted by atomic mass is 79.9. The predicted molar refractivity (Wildman–Crippen MR) is 169 cm³/mol. The SMILES string of the molecule is CCNC(=O)C(Cc1ccccc1)N(Cc1cccc(Br)c1)C(=O)CN(c1ccccc1C)S(=O)(=O)c1ccccc1. The summed E-state index contributed by atoms with van der Waals surface area (Å²) in [7, 11) is -4.12. The summed E-state index contributed by atoms with van der Waals surface area (Å²) in [6, 6.07) is 31.2. The summed E-state index contributed by atoms with van der Waals surface area (Å²) in [4.78, 5) is 29.5. The van der Waals surface area contributed by atoms with Crippen molar-refractivity contribution in [2.75, 3.05) is 17.4 Å². The number of sulfonamides is 1. The third-order valence-electron chi connectivity index (χ3n) is 6.86. The zero-order valence-electron chi connectivity index (χ0n) is 23.6. The Labute approximate surface area is 256 Å². The van der Waals surface area contributed by atoms with Crippen molar-refractivity contribution in [3.63, 3.8) is 0 Å². The molecule has 4 rings (SSSR count). The molecule has 7 nitrogen and oxygen atoms in total. The van der Waals surface area contributed by atoms with Crippen molar-refractivity contribution in [2.24, 2.45) is 0 Å². The number of carbonyl (C=O) groups excluding carboxylic acids is 2. The highest BCUT2D eigenvalue weighted by Gasteiger charge is 2.34. The number of halogens is 1. The average molecular weight is 649 g/mol. The standard InChI is InChI=1S/C33H34BrN3O4S/c1-3-35-33(39)31(22-26-14-6-4-7-15-26)36(23-27-16-12-17-28(34)21-27)32(38)24-37(30-20-11-10-13-25(30)2)42(40,41)29-18-8-5-9-19-29/h4-21,31H,3,22-24H2,1-2H3,(H,35,39). The van der Waals surface area contributed by atoms with E-state index in [9.17, 15) is 18.0 Å². The van der Waals surface area contributed by atoms with Gasteiger partial charge in [-0.25, -0.2) is 8.42 Å². The number of aryl methyl sites for hydroxylation is 1. The maximum atomic E-state index is 14.4. The van der Waals surface area contributed by atoms with E-state index in [-0.39, 0.29) is 23.8 Å². The van der Waals surface area contributed by atoms with Gasteiger partial charge in [-0.2, -0.15) is 0 Å². The minimum Gasteiger partial charge on any atom is -0.355 e. The molecule has 2 amide bonds. The number of likely N-dealkylation sites (N-methyl/N-ethyl adjacent to an activating group) is 1. The molecule has 0 heterocycles. The van der Waals surface area contributed by atoms with E-state index in [1.54, 1.807) is 43.3 Å². The summed E-state index contributed by atoms with van der Waals surface area (Å²) in [6.07, 6.45) is 0.266. The van der Waals surface area contributed by atoms with Crippen LogP contribution in [0.4, 0.5) is 5.69 Å². The van der Waals surface area contributed by atoms with E-state index in [0.717, 1.165) is 19.9 Å². The first kappa shape index (κ1) is 31.0. The van der Waals surface area contributed by atoms with Crippen LogP contribution in [0, 0.1) is 6.92 Å². The van der Waals surface area contributed by atoms with Gasteiger partial charge in [0.2, 0.25) is 11.8 Å². The molecule has 0 fully saturated rings. The van der Waals surface area contributed by atoms with Gasteiger partial charge in [-0.3, -0.25) is 13.9 Å². The van der Waals surface area contributed by atoms with Crippen LogP contribution in [0.15, 0.2) is 119 Å². The molecule has 42 heavy (non-hydrogen) atoms. The molecule has 0 aliphatic rings. The van der Waals surface area contributed by atoms with Crippen molar-refractivity contribution in [1.29, 1.82) is 0 Å². The number of anilines is 1. The third-order valence-corrected chi connectivity index (χ3v) is 9.13. The summed E-state index contributed by atoms with van der Waals surface area (Å²) in [5.41, 5.74) is 2.78. The molecule has 0 saturated heterocycles. The maximum absolute atomic E-state index is 14.4. The molecule has 0 bridgehead atoms. The van der Waals surface area contributed by atoms with Gasteiger partial charge in [0.15, 0.2) is 0 Å². The molecule has 1 unspecified atom stereocenters. The normalized spacial score (nSPS) is 11.9. The maximum Gasteiger partial charge on any atom is 0.264 e. The largest absolute Gasteiger partial charge is 0.355 e. The monoisotopic (exact) mass is 647 g/mol. The lowest BCUT2D eigenvalue weighted by molar-refractivity contribution is -0.140. The van der Waals surface area contributed by atoms with Crippen LogP contribution in [0.3, 0.4) is 0 Å². The van der Waals surface area contributed by atoms with Crippen LogP contribution >= 0.6 is 15.9 Å². The minimum atomic E-state index is -4.12. The number of rotatable bonds is 12. The number of nitrogens with one attached hydrogen (secondary N) is 1. The lowest BCUT2D eigenvalue weighted by Crippen LogP contribution is -2.53. The van der Waals surface area contributed by atoms with Gasteiger partial charge in [-0.05, 0) is 60.9 Å². The fourth-order valence-corrected chi connectivity index (χ4v) is 6.70. The third kappa shape index (κ3) is 7.66. The Hall–Kier alpha value is -3.95. The lowest BCUT2D eigenvalue weighted by atomic mass is 10.0. The fraction of sp³-hybridized carbons (Fsp3) is 0.212. The predicted octanol–water partition coefficient (Wildman–Crippen LogP) is 5.73. The number of hydrogen-bond acceptors (Lipinski definition) is 4. The number of nitrogens with zero attached hydrogens (tertiary/aromatic N) is 2. The Morgan fingerprint density at radius 2 is 1.45 bits per heavy atom. The van der Waals surface area contributed by atoms with Crippen LogP contribution in [-0.2, 0) is 32.6 Å². The Balaban J connectivity index is 1.80. The topological polar surface area (TPSA) is 86.8 Å². The van der Waals surface area contributed by atoms with Gasteiger partial charge in [-0.1, -0.05) is 94.8 Å². The molecule has 0 aliphatic carbocycles. The summed E-state index contributed by atoms with van der Waals surface area (Å²) < 4.78 is 30.0. The van der Waals surface area contributed by atoms with Gasteiger partial charge in [0.05, 0.1) is 10.6 Å². The molecule has 0 radical (unpaired) electrons. The second-order valence-corrected chi connectivity index (χ2v) is 12.6. The summed E-state index contributed by atoms with van der Waals surface area (Å²) in [5, 5.41) is 2.87. The molecule has 0 spiro atoms. The number of hydrogen-bond donors (Lipinski definition) is 1. The fourth-order valence-electron chi connectivity index (χ4n) is 4.75. The van der Waals surface area contributed by atoms with E-state index in [1.165, 1.54) is 17.0 Å². The first-order valence-electron chi connectivity index (χ1n) is 13.7. The molecule has 1 atom stereocenters. The Morgan fingerprint density at radius 1 is 0.833 bits per heavy atom. The molecule has 4 aromatic rings. The zero-order valence-corrected chi connectivity index (χ0v) is 26.0. The van der Waals surface area contributed by atoms with E-state index in [2.05, 4.69) is 21.2 Å². The number of benzene rings is 4. The first-order valence-corrected chi connectivity index (χ1v) is 15.9. The van der Waals surface area contributed by atoms with Gasteiger partial charge < -0.3 is 10.2 Å². The van der Waals surface area contributed by atoms with Crippen molar-refractivity contribution in [3.05, 3.63) is 130 Å².